The van der Waals surface area contributed by atoms with Gasteiger partial charge in [0, 0.05) is 25.5 Å². The van der Waals surface area contributed by atoms with Crippen molar-refractivity contribution >= 4 is 0 Å². The van der Waals surface area contributed by atoms with Crippen LogP contribution in [0.5, 0.6) is 0 Å². The van der Waals surface area contributed by atoms with Gasteiger partial charge in [0.15, 0.2) is 0 Å². The molecule has 23 heavy (non-hydrogen) atoms. The van der Waals surface area contributed by atoms with Crippen LogP contribution in [0.2, 0.25) is 0 Å². The molecule has 0 bridgehead atoms. The molecule has 2 aromatic heterocycles. The maximum absolute atomic E-state index is 9.00. The van der Waals surface area contributed by atoms with Crippen molar-refractivity contribution in [1.29, 1.82) is 0 Å². The fourth-order valence-electron chi connectivity index (χ4n) is 2.57. The molecule has 0 aromatic carbocycles. The number of hydrogen-bond acceptors (Lipinski definition) is 5. The number of aromatic nitrogens is 2. The van der Waals surface area contributed by atoms with Crippen molar-refractivity contribution in [3.63, 3.8) is 0 Å². The van der Waals surface area contributed by atoms with Gasteiger partial charge in [0.05, 0.1) is 24.6 Å². The lowest BCUT2D eigenvalue weighted by atomic mass is 10.1. The largest absolute Gasteiger partial charge is 0.395 e. The second-order valence-electron chi connectivity index (χ2n) is 5.51. The van der Waals surface area contributed by atoms with Gasteiger partial charge in [-0.25, -0.2) is 0 Å². The topological polar surface area (TPSA) is 69.5 Å². The van der Waals surface area contributed by atoms with Crippen molar-refractivity contribution in [1.82, 2.24) is 14.9 Å². The Bertz CT molecular complexity index is 557. The van der Waals surface area contributed by atoms with E-state index in [4.69, 9.17) is 10.2 Å². The molecule has 0 aliphatic heterocycles. The van der Waals surface area contributed by atoms with E-state index in [9.17, 15) is 0 Å². The zero-order chi connectivity index (χ0) is 16.3. The number of nitrogens with zero attached hydrogens (tertiary/aromatic N) is 3. The fourth-order valence-corrected chi connectivity index (χ4v) is 2.57. The Labute approximate surface area is 137 Å². The highest BCUT2D eigenvalue weighted by Crippen LogP contribution is 2.16. The summed E-state index contributed by atoms with van der Waals surface area (Å²) in [6.07, 6.45) is 6.72. The van der Waals surface area contributed by atoms with Crippen LogP contribution in [0.1, 0.15) is 18.4 Å². The summed E-state index contributed by atoms with van der Waals surface area (Å²) in [6.45, 7) is 2.42. The molecule has 0 unspecified atom stereocenters. The van der Waals surface area contributed by atoms with Crippen molar-refractivity contribution in [2.45, 2.75) is 19.3 Å². The molecule has 0 spiro atoms. The first-order valence-corrected chi connectivity index (χ1v) is 8.14. The summed E-state index contributed by atoms with van der Waals surface area (Å²) in [5, 5.41) is 18.0. The first-order valence-electron chi connectivity index (χ1n) is 8.14. The average molecular weight is 315 g/mol. The van der Waals surface area contributed by atoms with Gasteiger partial charge in [0.2, 0.25) is 0 Å². The summed E-state index contributed by atoms with van der Waals surface area (Å²) >= 11 is 0. The molecular formula is C18H25N3O2. The van der Waals surface area contributed by atoms with E-state index >= 15 is 0 Å². The Morgan fingerprint density at radius 2 is 1.61 bits per heavy atom. The average Bonchev–Trinajstić information content (AvgIpc) is 2.60. The lowest BCUT2D eigenvalue weighted by molar-refractivity contribution is 0.159. The van der Waals surface area contributed by atoms with Crippen molar-refractivity contribution in [2.75, 3.05) is 32.8 Å². The van der Waals surface area contributed by atoms with E-state index in [-0.39, 0.29) is 13.2 Å². The van der Waals surface area contributed by atoms with Crippen LogP contribution >= 0.6 is 0 Å². The highest BCUT2D eigenvalue weighted by molar-refractivity contribution is 5.54. The standard InChI is InChI=1S/C18H25N3O2/c22-13-11-21(12-14-23)10-4-2-5-16-7-9-20-18(15-16)17-6-1-3-8-19-17/h1,3,6-9,15,22-23H,2,4-5,10-14H2. The minimum Gasteiger partial charge on any atom is -0.395 e. The van der Waals surface area contributed by atoms with Crippen LogP contribution in [-0.4, -0.2) is 57.9 Å². The maximum atomic E-state index is 9.00. The van der Waals surface area contributed by atoms with Crippen LogP contribution in [0, 0.1) is 0 Å². The molecular weight excluding hydrogens is 290 g/mol. The highest BCUT2D eigenvalue weighted by Gasteiger charge is 2.04. The van der Waals surface area contributed by atoms with Crippen LogP contribution in [0.3, 0.4) is 0 Å². The van der Waals surface area contributed by atoms with Gasteiger partial charge < -0.3 is 10.2 Å². The number of hydrogen-bond donors (Lipinski definition) is 2. The van der Waals surface area contributed by atoms with Crippen molar-refractivity contribution < 1.29 is 10.2 Å². The number of unbranched alkanes of at least 4 members (excludes halogenated alkanes) is 1. The smallest absolute Gasteiger partial charge is 0.0888 e. The Morgan fingerprint density at radius 1 is 0.826 bits per heavy atom. The third kappa shape index (κ3) is 6.06. The molecule has 5 heteroatoms. The lowest BCUT2D eigenvalue weighted by Crippen LogP contribution is -2.30. The normalized spacial score (nSPS) is 11.1. The SMILES string of the molecule is OCCN(CCO)CCCCc1ccnc(-c2ccccn2)c1. The minimum atomic E-state index is 0.137. The Balaban J connectivity index is 1.82. The van der Waals surface area contributed by atoms with Gasteiger partial charge in [-0.05, 0) is 55.6 Å². The molecule has 0 saturated heterocycles. The molecule has 0 saturated carbocycles. The van der Waals surface area contributed by atoms with E-state index < -0.39 is 0 Å². The summed E-state index contributed by atoms with van der Waals surface area (Å²) in [4.78, 5) is 10.8. The van der Waals surface area contributed by atoms with E-state index in [2.05, 4.69) is 20.9 Å². The van der Waals surface area contributed by atoms with Crippen LogP contribution in [0.25, 0.3) is 11.4 Å². The second kappa shape index (κ2) is 10.0. The molecule has 2 rings (SSSR count). The van der Waals surface area contributed by atoms with Crippen molar-refractivity contribution in [2.24, 2.45) is 0 Å². The molecule has 0 aliphatic rings. The number of aryl methyl sites for hydroxylation is 1. The van der Waals surface area contributed by atoms with Gasteiger partial charge in [0.1, 0.15) is 0 Å². The van der Waals surface area contributed by atoms with Gasteiger partial charge >= 0.3 is 0 Å². The predicted molar refractivity (Wildman–Crippen MR) is 91.0 cm³/mol. The van der Waals surface area contributed by atoms with Gasteiger partial charge in [-0.3, -0.25) is 14.9 Å². The number of rotatable bonds is 10. The van der Waals surface area contributed by atoms with E-state index in [0.29, 0.717) is 13.1 Å². The van der Waals surface area contributed by atoms with Gasteiger partial charge in [0.25, 0.3) is 0 Å². The van der Waals surface area contributed by atoms with Crippen LogP contribution in [0.15, 0.2) is 42.7 Å². The summed E-state index contributed by atoms with van der Waals surface area (Å²) < 4.78 is 0. The van der Waals surface area contributed by atoms with Gasteiger partial charge in [-0.1, -0.05) is 6.07 Å². The molecule has 2 heterocycles. The summed E-state index contributed by atoms with van der Waals surface area (Å²) in [5.41, 5.74) is 3.06. The Hall–Kier alpha value is -1.82. The summed E-state index contributed by atoms with van der Waals surface area (Å²) in [5.74, 6) is 0. The molecule has 0 atom stereocenters. The van der Waals surface area contributed by atoms with E-state index in [1.807, 2.05) is 30.5 Å². The first kappa shape index (κ1) is 17.5. The van der Waals surface area contributed by atoms with Crippen LogP contribution in [-0.2, 0) is 6.42 Å². The Morgan fingerprint density at radius 3 is 2.30 bits per heavy atom. The molecule has 0 fully saturated rings. The molecule has 2 aromatic rings. The van der Waals surface area contributed by atoms with Crippen LogP contribution in [0.4, 0.5) is 0 Å². The lowest BCUT2D eigenvalue weighted by Gasteiger charge is -2.19. The van der Waals surface area contributed by atoms with Crippen LogP contribution < -0.4 is 0 Å². The zero-order valence-electron chi connectivity index (χ0n) is 13.4. The number of aliphatic hydroxyl groups is 2. The van der Waals surface area contributed by atoms with Gasteiger partial charge in [-0.2, -0.15) is 0 Å². The zero-order valence-corrected chi connectivity index (χ0v) is 13.4. The van der Waals surface area contributed by atoms with Gasteiger partial charge in [-0.15, -0.1) is 0 Å². The maximum Gasteiger partial charge on any atom is 0.0888 e. The summed E-state index contributed by atoms with van der Waals surface area (Å²) in [6, 6.07) is 9.98. The summed E-state index contributed by atoms with van der Waals surface area (Å²) in [7, 11) is 0. The first-order chi connectivity index (χ1) is 11.3. The molecule has 5 nitrogen and oxygen atoms in total. The second-order valence-corrected chi connectivity index (χ2v) is 5.51. The van der Waals surface area contributed by atoms with E-state index in [1.165, 1.54) is 5.56 Å². The molecule has 124 valence electrons. The molecule has 2 N–H and O–H groups in total. The minimum absolute atomic E-state index is 0.137. The third-order valence-corrected chi connectivity index (χ3v) is 3.77. The number of pyridine rings is 2. The highest BCUT2D eigenvalue weighted by atomic mass is 16.3. The fraction of sp³-hybridized carbons (Fsp3) is 0.444. The molecule has 0 aliphatic carbocycles. The molecule has 0 radical (unpaired) electrons. The number of aliphatic hydroxyl groups excluding tert-OH is 2. The predicted octanol–water partition coefficient (Wildman–Crippen LogP) is 1.75. The van der Waals surface area contributed by atoms with Crippen molar-refractivity contribution in [3.8, 4) is 11.4 Å². The monoisotopic (exact) mass is 315 g/mol. The Kier molecular flexibility index (Phi) is 7.66. The van der Waals surface area contributed by atoms with E-state index in [1.54, 1.807) is 6.20 Å². The van der Waals surface area contributed by atoms with E-state index in [0.717, 1.165) is 37.2 Å². The third-order valence-electron chi connectivity index (χ3n) is 3.77. The molecule has 0 amide bonds. The quantitative estimate of drug-likeness (QED) is 0.654. The van der Waals surface area contributed by atoms with Crippen molar-refractivity contribution in [3.05, 3.63) is 48.3 Å².